The number of nitrogens with zero attached hydrogens (tertiary/aromatic N) is 2. The molecule has 0 bridgehead atoms. The van der Waals surface area contributed by atoms with Crippen LogP contribution in [0.3, 0.4) is 0 Å². The van der Waals surface area contributed by atoms with Gasteiger partial charge in [-0.2, -0.15) is 0 Å². The van der Waals surface area contributed by atoms with Crippen molar-refractivity contribution in [2.45, 2.75) is 19.8 Å². The maximum Gasteiger partial charge on any atom is 0.139 e. The van der Waals surface area contributed by atoms with Crippen LogP contribution in [-0.4, -0.2) is 17.0 Å². The molecule has 1 aromatic carbocycles. The van der Waals surface area contributed by atoms with E-state index >= 15 is 0 Å². The molecule has 0 fully saturated rings. The lowest BCUT2D eigenvalue weighted by Gasteiger charge is -2.17. The normalized spacial score (nSPS) is 10.6. The zero-order valence-electron chi connectivity index (χ0n) is 11.2. The van der Waals surface area contributed by atoms with Crippen LogP contribution in [0.1, 0.15) is 25.3 Å². The van der Waals surface area contributed by atoms with Gasteiger partial charge in [-0.05, 0) is 18.1 Å². The van der Waals surface area contributed by atoms with Gasteiger partial charge in [0.05, 0.1) is 10.7 Å². The van der Waals surface area contributed by atoms with Crippen molar-refractivity contribution >= 4 is 28.9 Å². The summed E-state index contributed by atoms with van der Waals surface area (Å²) >= 11 is 6.16. The van der Waals surface area contributed by atoms with Crippen LogP contribution in [0, 0.1) is 0 Å². The second-order valence-corrected chi connectivity index (χ2v) is 4.90. The first-order valence-electron chi connectivity index (χ1n) is 6.17. The van der Waals surface area contributed by atoms with Crippen LogP contribution >= 0.6 is 11.6 Å². The van der Waals surface area contributed by atoms with Crippen molar-refractivity contribution in [3.05, 3.63) is 41.2 Å². The minimum absolute atomic E-state index is 0.300. The van der Waals surface area contributed by atoms with Crippen molar-refractivity contribution in [2.24, 2.45) is 0 Å². The highest BCUT2D eigenvalue weighted by Gasteiger charge is 2.14. The van der Waals surface area contributed by atoms with Gasteiger partial charge in [0.25, 0.3) is 0 Å². The summed E-state index contributed by atoms with van der Waals surface area (Å²) in [4.78, 5) is 8.57. The Hall–Kier alpha value is -1.81. The largest absolute Gasteiger partial charge is 0.373 e. The number of hydrogen-bond donors (Lipinski definition) is 2. The average Bonchev–Trinajstić information content (AvgIpc) is 2.40. The van der Waals surface area contributed by atoms with Crippen LogP contribution in [0.15, 0.2) is 30.6 Å². The Kier molecular flexibility index (Phi) is 4.22. The lowest BCUT2D eigenvalue weighted by Crippen LogP contribution is -2.07. The molecule has 0 radical (unpaired) electrons. The Balaban J connectivity index is 2.43. The second kappa shape index (κ2) is 5.89. The standard InChI is InChI=1S/C14H17ClN4/c1-9(2)12-13(16-3)17-8-18-14(12)19-11-7-5-4-6-10(11)15/h4-9H,1-3H3,(H2,16,17,18,19). The summed E-state index contributed by atoms with van der Waals surface area (Å²) in [5.74, 6) is 1.91. The predicted molar refractivity (Wildman–Crippen MR) is 80.4 cm³/mol. The van der Waals surface area contributed by atoms with Crippen molar-refractivity contribution in [1.29, 1.82) is 0 Å². The van der Waals surface area contributed by atoms with Crippen LogP contribution in [0.5, 0.6) is 0 Å². The van der Waals surface area contributed by atoms with E-state index in [1.165, 1.54) is 6.33 Å². The smallest absolute Gasteiger partial charge is 0.139 e. The van der Waals surface area contributed by atoms with E-state index in [1.807, 2.05) is 31.3 Å². The third-order valence-electron chi connectivity index (χ3n) is 2.82. The minimum atomic E-state index is 0.300. The minimum Gasteiger partial charge on any atom is -0.373 e. The predicted octanol–water partition coefficient (Wildman–Crippen LogP) is 4.04. The molecule has 2 rings (SSSR count). The number of rotatable bonds is 4. The Morgan fingerprint density at radius 1 is 1.11 bits per heavy atom. The maximum atomic E-state index is 6.16. The maximum absolute atomic E-state index is 6.16. The Morgan fingerprint density at radius 2 is 1.79 bits per heavy atom. The average molecular weight is 277 g/mol. The first-order chi connectivity index (χ1) is 9.13. The monoisotopic (exact) mass is 276 g/mol. The molecule has 0 saturated carbocycles. The third kappa shape index (κ3) is 2.96. The number of benzene rings is 1. The van der Waals surface area contributed by atoms with Gasteiger partial charge in [0.2, 0.25) is 0 Å². The molecule has 4 nitrogen and oxygen atoms in total. The number of aromatic nitrogens is 2. The molecule has 0 amide bonds. The molecule has 1 heterocycles. The van der Waals surface area contributed by atoms with E-state index in [2.05, 4.69) is 34.4 Å². The van der Waals surface area contributed by atoms with Crippen molar-refractivity contribution in [3.63, 3.8) is 0 Å². The fourth-order valence-electron chi connectivity index (χ4n) is 1.93. The van der Waals surface area contributed by atoms with E-state index in [0.717, 1.165) is 22.9 Å². The number of halogens is 1. The van der Waals surface area contributed by atoms with Crippen molar-refractivity contribution in [2.75, 3.05) is 17.7 Å². The molecule has 5 heteroatoms. The van der Waals surface area contributed by atoms with E-state index in [4.69, 9.17) is 11.6 Å². The van der Waals surface area contributed by atoms with Crippen molar-refractivity contribution in [3.8, 4) is 0 Å². The van der Waals surface area contributed by atoms with Gasteiger partial charge in [0.15, 0.2) is 0 Å². The molecule has 0 unspecified atom stereocenters. The highest BCUT2D eigenvalue weighted by Crippen LogP contribution is 2.32. The summed E-state index contributed by atoms with van der Waals surface area (Å²) in [7, 11) is 1.85. The molecule has 2 aromatic rings. The number of para-hydroxylation sites is 1. The van der Waals surface area contributed by atoms with Gasteiger partial charge in [-0.3, -0.25) is 0 Å². The zero-order chi connectivity index (χ0) is 13.8. The molecule has 1 aromatic heterocycles. The number of hydrogen-bond acceptors (Lipinski definition) is 4. The summed E-state index contributed by atoms with van der Waals surface area (Å²) in [6, 6.07) is 7.60. The van der Waals surface area contributed by atoms with E-state index in [0.29, 0.717) is 10.9 Å². The molecular formula is C14H17ClN4. The summed E-state index contributed by atoms with van der Waals surface area (Å²) in [5, 5.41) is 7.04. The third-order valence-corrected chi connectivity index (χ3v) is 3.15. The summed E-state index contributed by atoms with van der Waals surface area (Å²) in [5.41, 5.74) is 1.89. The molecule has 2 N–H and O–H groups in total. The van der Waals surface area contributed by atoms with Crippen LogP contribution in [0.4, 0.5) is 17.3 Å². The quantitative estimate of drug-likeness (QED) is 0.885. The Bertz CT molecular complexity index is 569. The number of nitrogens with one attached hydrogen (secondary N) is 2. The lowest BCUT2D eigenvalue weighted by molar-refractivity contribution is 0.852. The second-order valence-electron chi connectivity index (χ2n) is 4.49. The SMILES string of the molecule is CNc1ncnc(Nc2ccccc2Cl)c1C(C)C. The van der Waals surface area contributed by atoms with Gasteiger partial charge in [-0.25, -0.2) is 9.97 Å². The molecule has 19 heavy (non-hydrogen) atoms. The molecule has 0 atom stereocenters. The molecule has 0 spiro atoms. The first kappa shape index (κ1) is 13.6. The van der Waals surface area contributed by atoms with Gasteiger partial charge in [0.1, 0.15) is 18.0 Å². The Morgan fingerprint density at radius 3 is 2.42 bits per heavy atom. The van der Waals surface area contributed by atoms with Crippen LogP contribution < -0.4 is 10.6 Å². The number of anilines is 3. The first-order valence-corrected chi connectivity index (χ1v) is 6.55. The van der Waals surface area contributed by atoms with E-state index in [-0.39, 0.29) is 0 Å². The topological polar surface area (TPSA) is 49.8 Å². The van der Waals surface area contributed by atoms with Crippen LogP contribution in [0.25, 0.3) is 0 Å². The van der Waals surface area contributed by atoms with Gasteiger partial charge in [-0.1, -0.05) is 37.6 Å². The lowest BCUT2D eigenvalue weighted by atomic mass is 10.0. The van der Waals surface area contributed by atoms with Gasteiger partial charge >= 0.3 is 0 Å². The fraction of sp³-hybridized carbons (Fsp3) is 0.286. The van der Waals surface area contributed by atoms with E-state index in [1.54, 1.807) is 0 Å². The Labute approximate surface area is 118 Å². The summed E-state index contributed by atoms with van der Waals surface area (Å²) in [6.45, 7) is 4.22. The highest BCUT2D eigenvalue weighted by molar-refractivity contribution is 6.33. The van der Waals surface area contributed by atoms with E-state index in [9.17, 15) is 0 Å². The van der Waals surface area contributed by atoms with Crippen LogP contribution in [0.2, 0.25) is 5.02 Å². The molecule has 100 valence electrons. The van der Waals surface area contributed by atoms with Gasteiger partial charge in [0, 0.05) is 12.6 Å². The van der Waals surface area contributed by atoms with Gasteiger partial charge < -0.3 is 10.6 Å². The highest BCUT2D eigenvalue weighted by atomic mass is 35.5. The summed E-state index contributed by atoms with van der Waals surface area (Å²) < 4.78 is 0. The van der Waals surface area contributed by atoms with Crippen LogP contribution in [-0.2, 0) is 0 Å². The molecular weight excluding hydrogens is 260 g/mol. The molecule has 0 aliphatic rings. The summed E-state index contributed by atoms with van der Waals surface area (Å²) in [6.07, 6.45) is 1.54. The van der Waals surface area contributed by atoms with Crippen molar-refractivity contribution < 1.29 is 0 Å². The molecule has 0 aliphatic carbocycles. The molecule has 0 aliphatic heterocycles. The fourth-order valence-corrected chi connectivity index (χ4v) is 2.11. The molecule has 0 saturated heterocycles. The zero-order valence-corrected chi connectivity index (χ0v) is 12.0. The van der Waals surface area contributed by atoms with E-state index < -0.39 is 0 Å². The van der Waals surface area contributed by atoms with Crippen molar-refractivity contribution in [1.82, 2.24) is 9.97 Å². The van der Waals surface area contributed by atoms with Gasteiger partial charge in [-0.15, -0.1) is 0 Å².